The summed E-state index contributed by atoms with van der Waals surface area (Å²) in [5.41, 5.74) is 1.31. The molecule has 1 heterocycles. The fraction of sp³-hybridized carbons (Fsp3) is 0.636. The molecule has 166 valence electrons. The van der Waals surface area contributed by atoms with E-state index < -0.39 is 8.56 Å². The maximum atomic E-state index is 6.07. The average Bonchev–Trinajstić information content (AvgIpc) is 2.76. The standard InChI is InChI=1S/C22H38N2O3Si.ClH/c1-5-24(20-21-12-7-6-8-13-21)18-17-23-16-11-15-22(25-2)14-9-10-19-28(22,26-3)27-4;/h5-8,12-13,23H,1,9-11,14-20H2,2-4H3;1H. The third-order valence-electron chi connectivity index (χ3n) is 6.08. The van der Waals surface area contributed by atoms with E-state index in [9.17, 15) is 0 Å². The van der Waals surface area contributed by atoms with Crippen molar-refractivity contribution in [1.29, 1.82) is 0 Å². The van der Waals surface area contributed by atoms with Crippen LogP contribution in [0.5, 0.6) is 0 Å². The number of nitrogens with zero attached hydrogens (tertiary/aromatic N) is 1. The highest BCUT2D eigenvalue weighted by Crippen LogP contribution is 2.42. The van der Waals surface area contributed by atoms with Gasteiger partial charge in [0, 0.05) is 41.0 Å². The van der Waals surface area contributed by atoms with Crippen molar-refractivity contribution in [1.82, 2.24) is 10.2 Å². The number of hydrogen-bond donors (Lipinski definition) is 1. The van der Waals surface area contributed by atoms with Crippen molar-refractivity contribution in [2.45, 2.75) is 49.9 Å². The Morgan fingerprint density at radius 1 is 1.14 bits per heavy atom. The number of benzene rings is 1. The first-order valence-corrected chi connectivity index (χ1v) is 12.4. The maximum Gasteiger partial charge on any atom is 0.370 e. The monoisotopic (exact) mass is 442 g/mol. The Labute approximate surface area is 184 Å². The summed E-state index contributed by atoms with van der Waals surface area (Å²) in [5.74, 6) is 0. The third kappa shape index (κ3) is 6.81. The van der Waals surface area contributed by atoms with Crippen molar-refractivity contribution in [3.05, 3.63) is 48.7 Å². The van der Waals surface area contributed by atoms with Crippen molar-refractivity contribution < 1.29 is 13.6 Å². The third-order valence-corrected chi connectivity index (χ3v) is 10.5. The molecule has 7 heteroatoms. The van der Waals surface area contributed by atoms with E-state index in [0.717, 1.165) is 51.5 Å². The van der Waals surface area contributed by atoms with Crippen LogP contribution >= 0.6 is 12.4 Å². The predicted octanol–water partition coefficient (Wildman–Crippen LogP) is 4.27. The molecule has 1 aliphatic heterocycles. The highest BCUT2D eigenvalue weighted by Gasteiger charge is 2.58. The molecule has 1 unspecified atom stereocenters. The molecule has 0 aromatic heterocycles. The van der Waals surface area contributed by atoms with Crippen LogP contribution < -0.4 is 5.32 Å². The first-order valence-electron chi connectivity index (χ1n) is 10.4. The maximum absolute atomic E-state index is 6.07. The number of rotatable bonds is 13. The average molecular weight is 443 g/mol. The molecule has 2 rings (SSSR count). The normalized spacial score (nSPS) is 20.7. The molecule has 1 atom stereocenters. The van der Waals surface area contributed by atoms with Crippen molar-refractivity contribution >= 4 is 21.0 Å². The Morgan fingerprint density at radius 2 is 1.86 bits per heavy atom. The second kappa shape index (κ2) is 13.4. The zero-order valence-electron chi connectivity index (χ0n) is 18.3. The summed E-state index contributed by atoms with van der Waals surface area (Å²) in [7, 11) is 3.10. The first kappa shape index (κ1) is 26.1. The Hall–Kier alpha value is -0.893. The lowest BCUT2D eigenvalue weighted by molar-refractivity contribution is -0.0156. The summed E-state index contributed by atoms with van der Waals surface area (Å²) in [6.07, 6.45) is 7.38. The Bertz CT molecular complexity index is 574. The van der Waals surface area contributed by atoms with E-state index in [0.29, 0.717) is 0 Å². The van der Waals surface area contributed by atoms with E-state index in [1.807, 2.05) is 19.4 Å². The molecule has 1 saturated heterocycles. The number of hydrogen-bond acceptors (Lipinski definition) is 5. The summed E-state index contributed by atoms with van der Waals surface area (Å²) in [4.78, 5) is 2.24. The molecule has 1 N–H and O–H groups in total. The number of halogens is 1. The van der Waals surface area contributed by atoms with E-state index in [2.05, 4.69) is 41.1 Å². The van der Waals surface area contributed by atoms with E-state index in [1.165, 1.54) is 18.4 Å². The minimum absolute atomic E-state index is 0. The highest BCUT2D eigenvalue weighted by atomic mass is 35.5. The van der Waals surface area contributed by atoms with Gasteiger partial charge in [-0.15, -0.1) is 12.4 Å². The van der Waals surface area contributed by atoms with Crippen LogP contribution in [-0.2, 0) is 20.1 Å². The molecule has 1 aromatic rings. The quantitative estimate of drug-likeness (QED) is 0.365. The van der Waals surface area contributed by atoms with Crippen LogP contribution in [0.15, 0.2) is 43.1 Å². The zero-order valence-corrected chi connectivity index (χ0v) is 20.1. The van der Waals surface area contributed by atoms with Gasteiger partial charge in [-0.1, -0.05) is 49.8 Å². The van der Waals surface area contributed by atoms with Gasteiger partial charge in [-0.3, -0.25) is 0 Å². The minimum Gasteiger partial charge on any atom is -0.396 e. The lowest BCUT2D eigenvalue weighted by Gasteiger charge is -2.48. The van der Waals surface area contributed by atoms with Crippen molar-refractivity contribution in [2.75, 3.05) is 41.0 Å². The summed E-state index contributed by atoms with van der Waals surface area (Å²) in [6.45, 7) is 7.70. The molecule has 0 aliphatic carbocycles. The van der Waals surface area contributed by atoms with Crippen LogP contribution in [-0.4, -0.2) is 59.6 Å². The molecule has 29 heavy (non-hydrogen) atoms. The van der Waals surface area contributed by atoms with E-state index >= 15 is 0 Å². The molecule has 1 fully saturated rings. The summed E-state index contributed by atoms with van der Waals surface area (Å²) in [6, 6.07) is 11.5. The topological polar surface area (TPSA) is 43.0 Å². The van der Waals surface area contributed by atoms with Crippen LogP contribution in [0.25, 0.3) is 0 Å². The number of methoxy groups -OCH3 is 1. The SMILES string of the molecule is C=CN(CCNCCCC1(OC)CCCC[Si]1(OC)OC)Cc1ccccc1.Cl. The van der Waals surface area contributed by atoms with Crippen LogP contribution in [0.3, 0.4) is 0 Å². The first-order chi connectivity index (χ1) is 13.6. The molecule has 1 aliphatic rings. The summed E-state index contributed by atoms with van der Waals surface area (Å²) in [5, 5.41) is 3.34. The molecule has 0 saturated carbocycles. The van der Waals surface area contributed by atoms with Gasteiger partial charge in [0.05, 0.1) is 0 Å². The van der Waals surface area contributed by atoms with Gasteiger partial charge in [0.25, 0.3) is 0 Å². The number of ether oxygens (including phenoxy) is 1. The van der Waals surface area contributed by atoms with Gasteiger partial charge < -0.3 is 23.8 Å². The van der Waals surface area contributed by atoms with Gasteiger partial charge in [0.2, 0.25) is 0 Å². The molecule has 1 aromatic carbocycles. The summed E-state index contributed by atoms with van der Waals surface area (Å²) < 4.78 is 18.0. The van der Waals surface area contributed by atoms with Crippen molar-refractivity contribution in [2.24, 2.45) is 0 Å². The van der Waals surface area contributed by atoms with Crippen LogP contribution in [0.2, 0.25) is 6.04 Å². The van der Waals surface area contributed by atoms with E-state index in [-0.39, 0.29) is 17.6 Å². The van der Waals surface area contributed by atoms with Crippen LogP contribution in [0.1, 0.15) is 37.7 Å². The van der Waals surface area contributed by atoms with Gasteiger partial charge in [-0.2, -0.15) is 0 Å². The molecule has 0 spiro atoms. The smallest absolute Gasteiger partial charge is 0.370 e. The largest absolute Gasteiger partial charge is 0.396 e. The zero-order chi connectivity index (χ0) is 20.3. The molecular weight excluding hydrogens is 404 g/mol. The Morgan fingerprint density at radius 3 is 2.48 bits per heavy atom. The van der Waals surface area contributed by atoms with Crippen molar-refractivity contribution in [3.63, 3.8) is 0 Å². The molecular formula is C22H39ClN2O3Si. The molecule has 5 nitrogen and oxygen atoms in total. The molecule has 0 radical (unpaired) electrons. The van der Waals surface area contributed by atoms with Gasteiger partial charge >= 0.3 is 8.56 Å². The fourth-order valence-corrected chi connectivity index (χ4v) is 8.34. The lowest BCUT2D eigenvalue weighted by Crippen LogP contribution is -2.64. The van der Waals surface area contributed by atoms with Crippen LogP contribution in [0.4, 0.5) is 0 Å². The van der Waals surface area contributed by atoms with Gasteiger partial charge in [0.15, 0.2) is 0 Å². The molecule has 0 amide bonds. The van der Waals surface area contributed by atoms with Gasteiger partial charge in [0.1, 0.15) is 5.22 Å². The lowest BCUT2D eigenvalue weighted by atomic mass is 10.1. The minimum atomic E-state index is -2.32. The fourth-order valence-electron chi connectivity index (χ4n) is 4.42. The summed E-state index contributed by atoms with van der Waals surface area (Å²) >= 11 is 0. The van der Waals surface area contributed by atoms with Gasteiger partial charge in [-0.25, -0.2) is 0 Å². The van der Waals surface area contributed by atoms with E-state index in [4.69, 9.17) is 13.6 Å². The predicted molar refractivity (Wildman–Crippen MR) is 125 cm³/mol. The second-order valence-corrected chi connectivity index (χ2v) is 11.3. The van der Waals surface area contributed by atoms with Gasteiger partial charge in [-0.05, 0) is 43.6 Å². The number of nitrogens with one attached hydrogen (secondary N) is 1. The highest BCUT2D eigenvalue weighted by molar-refractivity contribution is 6.70. The van der Waals surface area contributed by atoms with Crippen LogP contribution in [0, 0.1) is 0 Å². The Balaban J connectivity index is 0.00000420. The van der Waals surface area contributed by atoms with Crippen molar-refractivity contribution in [3.8, 4) is 0 Å². The molecule has 0 bridgehead atoms. The Kier molecular flexibility index (Phi) is 12.1. The second-order valence-electron chi connectivity index (χ2n) is 7.56. The van der Waals surface area contributed by atoms with E-state index in [1.54, 1.807) is 14.2 Å².